The lowest BCUT2D eigenvalue weighted by atomic mass is 10.0. The van der Waals surface area contributed by atoms with Crippen LogP contribution in [0.5, 0.6) is 0 Å². The summed E-state index contributed by atoms with van der Waals surface area (Å²) in [4.78, 5) is 38.0. The number of phosphoric acid groups is 1. The van der Waals surface area contributed by atoms with Gasteiger partial charge in [0, 0.05) is 12.8 Å². The minimum absolute atomic E-state index is 0.0487. The maximum Gasteiger partial charge on any atom is 0.306 e. The van der Waals surface area contributed by atoms with Gasteiger partial charge in [-0.15, -0.1) is 0 Å². The molecule has 0 aliphatic rings. The molecule has 0 aliphatic heterocycles. The Hall–Kier alpha value is -4.63. The van der Waals surface area contributed by atoms with E-state index in [4.69, 9.17) is 18.5 Å². The van der Waals surface area contributed by atoms with E-state index in [1.165, 1.54) is 89.9 Å². The number of rotatable bonds is 60. The first-order chi connectivity index (χ1) is 42.0. The summed E-state index contributed by atoms with van der Waals surface area (Å²) in [6.07, 6.45) is 98.5. The van der Waals surface area contributed by atoms with Crippen LogP contribution in [-0.2, 0) is 32.7 Å². The fourth-order valence-electron chi connectivity index (χ4n) is 8.55. The van der Waals surface area contributed by atoms with Crippen molar-refractivity contribution in [3.8, 4) is 0 Å². The maximum absolute atomic E-state index is 12.8. The van der Waals surface area contributed by atoms with E-state index >= 15 is 0 Å². The van der Waals surface area contributed by atoms with Crippen molar-refractivity contribution in [1.82, 2.24) is 0 Å². The van der Waals surface area contributed by atoms with Gasteiger partial charge in [0.15, 0.2) is 6.10 Å². The van der Waals surface area contributed by atoms with Gasteiger partial charge in [-0.25, -0.2) is 0 Å². The van der Waals surface area contributed by atoms with Gasteiger partial charge in [-0.2, -0.15) is 0 Å². The van der Waals surface area contributed by atoms with Crippen molar-refractivity contribution in [3.63, 3.8) is 0 Å². The molecule has 10 heteroatoms. The number of nitrogens with zero attached hydrogens (tertiary/aromatic N) is 1. The van der Waals surface area contributed by atoms with Gasteiger partial charge in [0.1, 0.15) is 19.8 Å². The van der Waals surface area contributed by atoms with Crippen molar-refractivity contribution in [3.05, 3.63) is 170 Å². The molecular formula is C76H124NO8P. The van der Waals surface area contributed by atoms with Gasteiger partial charge in [-0.3, -0.25) is 14.2 Å². The highest BCUT2D eigenvalue weighted by atomic mass is 31.2. The van der Waals surface area contributed by atoms with Crippen molar-refractivity contribution in [2.24, 2.45) is 0 Å². The number of allylic oxidation sites excluding steroid dienone is 28. The highest BCUT2D eigenvalue weighted by Crippen LogP contribution is 2.38. The molecule has 0 N–H and O–H groups in total. The summed E-state index contributed by atoms with van der Waals surface area (Å²) in [5.74, 6) is -0.897. The molecule has 0 amide bonds. The van der Waals surface area contributed by atoms with Crippen LogP contribution in [0.2, 0.25) is 0 Å². The molecule has 86 heavy (non-hydrogen) atoms. The predicted molar refractivity (Wildman–Crippen MR) is 369 cm³/mol. The number of carbonyl (C=O) groups excluding carboxylic acids is 2. The Balaban J connectivity index is 4.24. The predicted octanol–water partition coefficient (Wildman–Crippen LogP) is 21.5. The zero-order valence-electron chi connectivity index (χ0n) is 55.2. The molecule has 486 valence electrons. The molecule has 2 unspecified atom stereocenters. The van der Waals surface area contributed by atoms with Crippen LogP contribution in [0, 0.1) is 0 Å². The lowest BCUT2D eigenvalue weighted by molar-refractivity contribution is -0.870. The average molecular weight is 1210 g/mol. The Labute approximate surface area is 528 Å². The fraction of sp³-hybridized carbons (Fsp3) is 0.605. The summed E-state index contributed by atoms with van der Waals surface area (Å²) >= 11 is 0. The van der Waals surface area contributed by atoms with Crippen molar-refractivity contribution in [2.75, 3.05) is 47.5 Å². The third kappa shape index (κ3) is 68.5. The Kier molecular flexibility index (Phi) is 61.3. The maximum atomic E-state index is 12.8. The van der Waals surface area contributed by atoms with Gasteiger partial charge >= 0.3 is 11.9 Å². The molecule has 9 nitrogen and oxygen atoms in total. The number of esters is 2. The summed E-state index contributed by atoms with van der Waals surface area (Å²) < 4.78 is 34.2. The van der Waals surface area contributed by atoms with E-state index in [0.29, 0.717) is 23.9 Å². The lowest BCUT2D eigenvalue weighted by Gasteiger charge is -2.28. The lowest BCUT2D eigenvalue weighted by Crippen LogP contribution is -2.37. The molecule has 0 spiro atoms. The van der Waals surface area contributed by atoms with Gasteiger partial charge in [-0.05, 0) is 135 Å². The van der Waals surface area contributed by atoms with Crippen LogP contribution in [-0.4, -0.2) is 70.0 Å². The molecule has 0 saturated heterocycles. The molecular weight excluding hydrogens is 1090 g/mol. The zero-order chi connectivity index (χ0) is 62.6. The summed E-state index contributed by atoms with van der Waals surface area (Å²) in [6.45, 7) is 4.05. The topological polar surface area (TPSA) is 111 Å². The summed E-state index contributed by atoms with van der Waals surface area (Å²) in [7, 11) is 1.11. The van der Waals surface area contributed by atoms with Crippen LogP contribution in [0.25, 0.3) is 0 Å². The first kappa shape index (κ1) is 81.4. The number of hydrogen-bond acceptors (Lipinski definition) is 8. The van der Waals surface area contributed by atoms with Crippen molar-refractivity contribution in [1.29, 1.82) is 0 Å². The van der Waals surface area contributed by atoms with Crippen molar-refractivity contribution < 1.29 is 42.1 Å². The van der Waals surface area contributed by atoms with Crippen LogP contribution >= 0.6 is 7.82 Å². The number of carbonyl (C=O) groups is 2. The smallest absolute Gasteiger partial charge is 0.306 e. The number of quaternary nitrogens is 1. The van der Waals surface area contributed by atoms with Gasteiger partial charge < -0.3 is 27.9 Å². The molecule has 2 atom stereocenters. The Morgan fingerprint density at radius 3 is 1.01 bits per heavy atom. The SMILES string of the molecule is CC/C=C\C/C=C\C/C=C\C/C=C\C/C=C\C/C=C\C/C=C\C/C=C\C/C=C\C/C=C\C/C=C\C/C=C\CCCCC(=O)OC(COC(=O)CCCCCCCCCCCCC/C=C\C/C=C\CCCCCCC)COP(=O)([O-])OCC[N+](C)(C)C. The monoisotopic (exact) mass is 1210 g/mol. The Bertz CT molecular complexity index is 2060. The third-order valence-corrected chi connectivity index (χ3v) is 14.7. The van der Waals surface area contributed by atoms with E-state index in [0.717, 1.165) is 116 Å². The second-order valence-electron chi connectivity index (χ2n) is 23.1. The van der Waals surface area contributed by atoms with E-state index in [9.17, 15) is 19.0 Å². The summed E-state index contributed by atoms with van der Waals surface area (Å²) in [5.41, 5.74) is 0. The van der Waals surface area contributed by atoms with Crippen LogP contribution in [0.3, 0.4) is 0 Å². The van der Waals surface area contributed by atoms with Gasteiger partial charge in [0.25, 0.3) is 7.82 Å². The molecule has 0 heterocycles. The van der Waals surface area contributed by atoms with Gasteiger partial charge in [-0.1, -0.05) is 267 Å². The first-order valence-corrected chi connectivity index (χ1v) is 35.3. The van der Waals surface area contributed by atoms with E-state index < -0.39 is 32.5 Å². The molecule has 0 saturated carbocycles. The highest BCUT2D eigenvalue weighted by Gasteiger charge is 2.22. The molecule has 0 bridgehead atoms. The largest absolute Gasteiger partial charge is 0.756 e. The molecule has 0 radical (unpaired) electrons. The first-order valence-electron chi connectivity index (χ1n) is 33.8. The molecule has 0 aromatic heterocycles. The molecule has 0 aromatic rings. The molecule has 0 fully saturated rings. The summed E-state index contributed by atoms with van der Waals surface area (Å²) in [5, 5.41) is 0. The molecule has 0 aromatic carbocycles. The average Bonchev–Trinajstić information content (AvgIpc) is 3.56. The highest BCUT2D eigenvalue weighted by molar-refractivity contribution is 7.45. The van der Waals surface area contributed by atoms with Crippen LogP contribution in [0.4, 0.5) is 0 Å². The summed E-state index contributed by atoms with van der Waals surface area (Å²) in [6, 6.07) is 0. The Morgan fingerprint density at radius 1 is 0.372 bits per heavy atom. The number of hydrogen-bond donors (Lipinski definition) is 0. The van der Waals surface area contributed by atoms with E-state index in [1.54, 1.807) is 0 Å². The van der Waals surface area contributed by atoms with Crippen LogP contribution < -0.4 is 4.89 Å². The zero-order valence-corrected chi connectivity index (χ0v) is 56.1. The Morgan fingerprint density at radius 2 is 0.663 bits per heavy atom. The normalized spacial score (nSPS) is 14.3. The minimum atomic E-state index is -4.67. The third-order valence-electron chi connectivity index (χ3n) is 13.7. The minimum Gasteiger partial charge on any atom is -0.756 e. The standard InChI is InChI=1S/C76H124NO8P/c1-6-8-10-12-14-16-18-20-22-24-26-28-30-31-32-33-34-35-36-37-38-39-40-41-42-43-44-45-47-49-51-53-55-57-59-61-63-65-67-69-76(79)85-74(73-84-86(80,81)83-71-70-77(3,4)5)72-82-75(78)68-66-64-62-60-58-56-54-52-50-48-46-29-27-25-23-21-19-17-15-13-11-9-7-2/h8,10,14,16,19-22,25-28,31-32,34-35,37-38,40-41,43-44,47,49,53,55,59,61,74H,6-7,9,11-13,15,17-18,23-24,29-30,33,36,39,42,45-46,48,50-52,54,56-58,60,62-73H2,1-5H3/b10-8-,16-14-,21-19-,22-20-,27-25-,28-26-,32-31-,35-34-,38-37-,41-40-,44-43-,49-47-,55-53-,61-59-. The van der Waals surface area contributed by atoms with Crippen LogP contribution in [0.1, 0.15) is 245 Å². The quantitative estimate of drug-likeness (QED) is 0.0195. The van der Waals surface area contributed by atoms with Gasteiger partial charge in [0.2, 0.25) is 0 Å². The van der Waals surface area contributed by atoms with E-state index in [2.05, 4.69) is 184 Å². The number of unbranched alkanes of at least 4 members (excludes halogenated alkanes) is 18. The second kappa shape index (κ2) is 64.8. The number of likely N-dealkylation sites (N-methyl/N-ethyl adjacent to an activating group) is 1. The van der Waals surface area contributed by atoms with E-state index in [-0.39, 0.29) is 26.1 Å². The van der Waals surface area contributed by atoms with Crippen molar-refractivity contribution >= 4 is 19.8 Å². The van der Waals surface area contributed by atoms with Crippen LogP contribution in [0.15, 0.2) is 170 Å². The molecule has 0 rings (SSSR count). The number of phosphoric ester groups is 1. The molecule has 0 aliphatic carbocycles. The van der Waals surface area contributed by atoms with E-state index in [1.807, 2.05) is 21.1 Å². The van der Waals surface area contributed by atoms with Crippen molar-refractivity contribution in [2.45, 2.75) is 251 Å². The fourth-order valence-corrected chi connectivity index (χ4v) is 9.28. The number of ether oxygens (including phenoxy) is 2. The van der Waals surface area contributed by atoms with Gasteiger partial charge in [0.05, 0.1) is 27.7 Å². The second-order valence-corrected chi connectivity index (χ2v) is 24.5.